The molecule has 2 rings (SSSR count). The molecule has 1 aliphatic rings. The van der Waals surface area contributed by atoms with Crippen LogP contribution in [-0.4, -0.2) is 59.7 Å². The van der Waals surface area contributed by atoms with Gasteiger partial charge in [0.1, 0.15) is 17.9 Å². The fourth-order valence-corrected chi connectivity index (χ4v) is 4.10. The summed E-state index contributed by atoms with van der Waals surface area (Å²) in [5.41, 5.74) is 1.31. The summed E-state index contributed by atoms with van der Waals surface area (Å²) in [7, 11) is 3.63. The van der Waals surface area contributed by atoms with Crippen LogP contribution < -0.4 is 10.1 Å². The first-order valence-corrected chi connectivity index (χ1v) is 11.3. The van der Waals surface area contributed by atoms with E-state index >= 15 is 0 Å². The first-order chi connectivity index (χ1) is 15.6. The Hall–Kier alpha value is -2.38. The van der Waals surface area contributed by atoms with Gasteiger partial charge < -0.3 is 19.6 Å². The topological polar surface area (TPSA) is 72.3 Å². The summed E-state index contributed by atoms with van der Waals surface area (Å²) < 4.78 is 24.8. The number of hydrogen-bond donors (Lipinski definition) is 1. The summed E-state index contributed by atoms with van der Waals surface area (Å²) in [6.45, 7) is 6.30. The maximum atomic E-state index is 13.9. The number of benzene rings is 1. The molecule has 3 unspecified atom stereocenters. The molecule has 176 valence electrons. The molecule has 0 aliphatic heterocycles. The number of rotatable bonds is 17. The monoisotopic (exact) mass is 445 g/mol. The van der Waals surface area contributed by atoms with Crippen molar-refractivity contribution in [1.29, 1.82) is 0 Å². The number of carbonyl (C=O) groups is 1. The van der Waals surface area contributed by atoms with E-state index in [1.165, 1.54) is 12.5 Å². The fourth-order valence-electron chi connectivity index (χ4n) is 4.10. The number of hydrogen-bond acceptors (Lipinski definition) is 6. The van der Waals surface area contributed by atoms with Crippen LogP contribution in [0.4, 0.5) is 4.39 Å². The van der Waals surface area contributed by atoms with Crippen LogP contribution in [0.3, 0.4) is 0 Å². The van der Waals surface area contributed by atoms with E-state index in [1.54, 1.807) is 25.4 Å². The number of aliphatic imine (C=N–C) groups is 2. The molecule has 0 aromatic heterocycles. The van der Waals surface area contributed by atoms with E-state index < -0.39 is 0 Å². The van der Waals surface area contributed by atoms with Crippen molar-refractivity contribution in [2.45, 2.75) is 32.1 Å². The van der Waals surface area contributed by atoms with Gasteiger partial charge in [0.15, 0.2) is 0 Å². The van der Waals surface area contributed by atoms with Crippen LogP contribution in [0, 0.1) is 23.6 Å². The Morgan fingerprint density at radius 3 is 2.94 bits per heavy atom. The van der Waals surface area contributed by atoms with Gasteiger partial charge in [-0.2, -0.15) is 0 Å². The van der Waals surface area contributed by atoms with Crippen molar-refractivity contribution in [2.24, 2.45) is 27.7 Å². The molecule has 0 saturated heterocycles. The zero-order valence-electron chi connectivity index (χ0n) is 19.3. The van der Waals surface area contributed by atoms with Gasteiger partial charge in [-0.15, -0.1) is 0 Å². The molecule has 1 fully saturated rings. The largest absolute Gasteiger partial charge is 0.493 e. The van der Waals surface area contributed by atoms with Crippen LogP contribution in [0.1, 0.15) is 31.2 Å². The van der Waals surface area contributed by atoms with Crippen LogP contribution in [-0.2, 0) is 16.0 Å². The van der Waals surface area contributed by atoms with Crippen molar-refractivity contribution in [3.05, 3.63) is 41.4 Å². The molecule has 1 aliphatic carbocycles. The van der Waals surface area contributed by atoms with Crippen LogP contribution in [0.15, 0.2) is 40.0 Å². The van der Waals surface area contributed by atoms with Gasteiger partial charge in [0.05, 0.1) is 13.2 Å². The highest BCUT2D eigenvalue weighted by atomic mass is 19.1. The molecule has 1 aromatic carbocycles. The molecule has 0 spiro atoms. The van der Waals surface area contributed by atoms with Crippen molar-refractivity contribution < 1.29 is 18.7 Å². The third-order valence-electron chi connectivity index (χ3n) is 5.89. The first-order valence-electron chi connectivity index (χ1n) is 11.3. The van der Waals surface area contributed by atoms with E-state index in [4.69, 9.17) is 9.47 Å². The lowest BCUT2D eigenvalue weighted by molar-refractivity contribution is -0.107. The highest BCUT2D eigenvalue weighted by molar-refractivity contribution is 5.78. The van der Waals surface area contributed by atoms with Gasteiger partial charge >= 0.3 is 0 Å². The quantitative estimate of drug-likeness (QED) is 0.292. The Kier molecular flexibility index (Phi) is 11.8. The average Bonchev–Trinajstić information content (AvgIpc) is 3.54. The second-order valence-corrected chi connectivity index (χ2v) is 8.22. The van der Waals surface area contributed by atoms with Crippen LogP contribution in [0.25, 0.3) is 0 Å². The maximum Gasteiger partial charge on any atom is 0.130 e. The Balaban J connectivity index is 1.77. The summed E-state index contributed by atoms with van der Waals surface area (Å²) in [6.07, 6.45) is 8.64. The summed E-state index contributed by atoms with van der Waals surface area (Å²) in [6, 6.07) is 4.71. The minimum Gasteiger partial charge on any atom is -0.493 e. The smallest absolute Gasteiger partial charge is 0.130 e. The van der Waals surface area contributed by atoms with Gasteiger partial charge in [-0.05, 0) is 75.4 Å². The summed E-state index contributed by atoms with van der Waals surface area (Å²) in [5.74, 6) is 2.09. The maximum absolute atomic E-state index is 13.9. The predicted octanol–water partition coefficient (Wildman–Crippen LogP) is 3.89. The van der Waals surface area contributed by atoms with Crippen molar-refractivity contribution in [3.63, 3.8) is 0 Å². The summed E-state index contributed by atoms with van der Waals surface area (Å²) in [4.78, 5) is 18.9. The van der Waals surface area contributed by atoms with E-state index in [9.17, 15) is 9.18 Å². The molecule has 7 heteroatoms. The van der Waals surface area contributed by atoms with Crippen molar-refractivity contribution in [2.75, 3.05) is 40.5 Å². The molecule has 6 nitrogen and oxygen atoms in total. The molecule has 0 bridgehead atoms. The van der Waals surface area contributed by atoms with E-state index in [1.807, 2.05) is 13.3 Å². The summed E-state index contributed by atoms with van der Waals surface area (Å²) in [5, 5.41) is 3.26. The highest BCUT2D eigenvalue weighted by Gasteiger charge is 2.41. The SMILES string of the molecule is C=N/C=C(\C=NCCC(CCNC)C1CC1CCOc1ccc(CC=O)c(F)c1)COC. The molecular formula is C25H36FN3O3. The molecule has 0 heterocycles. The number of aldehydes is 1. The zero-order chi connectivity index (χ0) is 23.2. The number of ether oxygens (including phenoxy) is 2. The molecule has 0 radical (unpaired) electrons. The van der Waals surface area contributed by atoms with Crippen LogP contribution in [0.5, 0.6) is 5.75 Å². The Morgan fingerprint density at radius 1 is 1.41 bits per heavy atom. The lowest BCUT2D eigenvalue weighted by Gasteiger charge is -2.16. The van der Waals surface area contributed by atoms with Gasteiger partial charge in [0, 0.05) is 44.1 Å². The van der Waals surface area contributed by atoms with Crippen LogP contribution in [0.2, 0.25) is 0 Å². The van der Waals surface area contributed by atoms with Crippen molar-refractivity contribution in [1.82, 2.24) is 5.32 Å². The van der Waals surface area contributed by atoms with Crippen molar-refractivity contribution >= 4 is 19.2 Å². The number of halogens is 1. The van der Waals surface area contributed by atoms with Gasteiger partial charge in [0.2, 0.25) is 0 Å². The lowest BCUT2D eigenvalue weighted by Crippen LogP contribution is -2.16. The van der Waals surface area contributed by atoms with Gasteiger partial charge in [0.25, 0.3) is 0 Å². The second-order valence-electron chi connectivity index (χ2n) is 8.22. The average molecular weight is 446 g/mol. The number of methoxy groups -OCH3 is 1. The molecule has 1 saturated carbocycles. The fraction of sp³-hybridized carbons (Fsp3) is 0.560. The molecule has 32 heavy (non-hydrogen) atoms. The molecular weight excluding hydrogens is 409 g/mol. The minimum absolute atomic E-state index is 0.0864. The first kappa shape index (κ1) is 25.9. The number of carbonyl (C=O) groups excluding carboxylic acids is 1. The summed E-state index contributed by atoms with van der Waals surface area (Å²) >= 11 is 0. The molecule has 3 atom stereocenters. The Labute approximate surface area is 191 Å². The molecule has 1 aromatic rings. The van der Waals surface area contributed by atoms with Crippen molar-refractivity contribution in [3.8, 4) is 5.75 Å². The number of nitrogens with zero attached hydrogens (tertiary/aromatic N) is 2. The predicted molar refractivity (Wildman–Crippen MR) is 127 cm³/mol. The number of nitrogens with one attached hydrogen (secondary N) is 1. The van der Waals surface area contributed by atoms with E-state index in [0.717, 1.165) is 37.9 Å². The molecule has 0 amide bonds. The third kappa shape index (κ3) is 9.01. The minimum atomic E-state index is -0.390. The second kappa shape index (κ2) is 14.6. The lowest BCUT2D eigenvalue weighted by atomic mass is 9.94. The standard InChI is InChI=1S/C25H36FN3O3/c1-27-10-6-20(7-11-29-17-19(16-28-2)18-31-3)24-14-22(24)9-13-32-23-5-4-21(8-12-30)25(26)15-23/h4-5,12,15-17,20,22,24,27H,2,6-11,13-14,18H2,1,3H3/b19-16+,29-17?. The van der Waals surface area contributed by atoms with E-state index in [2.05, 4.69) is 22.0 Å². The molecule has 1 N–H and O–H groups in total. The highest BCUT2D eigenvalue weighted by Crippen LogP contribution is 2.48. The van der Waals surface area contributed by atoms with E-state index in [-0.39, 0.29) is 12.2 Å². The van der Waals surface area contributed by atoms with Crippen LogP contribution >= 0.6 is 0 Å². The Morgan fingerprint density at radius 2 is 2.25 bits per heavy atom. The normalized spacial score (nSPS) is 19.2. The van der Waals surface area contributed by atoms with Gasteiger partial charge in [-0.25, -0.2) is 4.39 Å². The van der Waals surface area contributed by atoms with Gasteiger partial charge in [-0.3, -0.25) is 9.98 Å². The van der Waals surface area contributed by atoms with E-state index in [0.29, 0.717) is 48.6 Å². The zero-order valence-corrected chi connectivity index (χ0v) is 19.3. The third-order valence-corrected chi connectivity index (χ3v) is 5.89. The van der Waals surface area contributed by atoms with Gasteiger partial charge in [-0.1, -0.05) is 6.07 Å². The Bertz CT molecular complexity index is 782.